The Morgan fingerprint density at radius 1 is 1.04 bits per heavy atom. The number of carbonyl (C=O) groups is 2. The van der Waals surface area contributed by atoms with Crippen molar-refractivity contribution in [1.29, 1.82) is 0 Å². The maximum Gasteiger partial charge on any atom is 0.338 e. The van der Waals surface area contributed by atoms with Crippen LogP contribution in [0.2, 0.25) is 0 Å². The average molecular weight is 353 g/mol. The summed E-state index contributed by atoms with van der Waals surface area (Å²) in [6, 6.07) is 13.6. The third kappa shape index (κ3) is 3.69. The molecule has 0 bridgehead atoms. The molecule has 0 aliphatic heterocycles. The van der Waals surface area contributed by atoms with E-state index in [0.29, 0.717) is 35.8 Å². The monoisotopic (exact) mass is 353 g/mol. The first-order valence-electron chi connectivity index (χ1n) is 8.36. The van der Waals surface area contributed by atoms with Crippen molar-refractivity contribution < 1.29 is 23.5 Å². The lowest BCUT2D eigenvalue weighted by Gasteiger charge is -2.05. The number of para-hydroxylation sites is 1. The first-order valence-corrected chi connectivity index (χ1v) is 8.36. The van der Waals surface area contributed by atoms with Gasteiger partial charge in [0.25, 0.3) is 5.91 Å². The van der Waals surface area contributed by atoms with Crippen molar-refractivity contribution in [3.63, 3.8) is 0 Å². The Labute approximate surface area is 150 Å². The summed E-state index contributed by atoms with van der Waals surface area (Å²) in [5, 5.41) is 3.53. The molecule has 3 aromatic rings. The van der Waals surface area contributed by atoms with Crippen LogP contribution < -0.4 is 10.1 Å². The molecule has 1 N–H and O–H groups in total. The van der Waals surface area contributed by atoms with E-state index >= 15 is 0 Å². The molecule has 0 aliphatic rings. The fraction of sp³-hybridized carbons (Fsp3) is 0.200. The molecule has 0 spiro atoms. The van der Waals surface area contributed by atoms with E-state index in [9.17, 15) is 9.59 Å². The number of hydrogen-bond acceptors (Lipinski definition) is 5. The molecule has 6 heteroatoms. The molecule has 2 aromatic carbocycles. The fourth-order valence-corrected chi connectivity index (χ4v) is 2.51. The predicted octanol–water partition coefficient (Wildman–Crippen LogP) is 4.26. The lowest BCUT2D eigenvalue weighted by molar-refractivity contribution is 0.0526. The molecular formula is C20H19NO5. The van der Waals surface area contributed by atoms with Crippen LogP contribution in [-0.2, 0) is 4.74 Å². The van der Waals surface area contributed by atoms with Crippen LogP contribution in [0.25, 0.3) is 11.0 Å². The number of nitrogens with one attached hydrogen (secondary N) is 1. The molecule has 0 aliphatic carbocycles. The van der Waals surface area contributed by atoms with Gasteiger partial charge in [-0.25, -0.2) is 4.79 Å². The lowest BCUT2D eigenvalue weighted by Crippen LogP contribution is -2.11. The standard InChI is InChI=1S/C20H19NO5/c1-3-24-16-7-5-6-14-12-17(26-18(14)16)19(22)21-15-10-8-13(9-11-15)20(23)25-4-2/h5-12H,3-4H2,1-2H3,(H,21,22). The molecule has 0 unspecified atom stereocenters. The highest BCUT2D eigenvalue weighted by molar-refractivity contribution is 6.05. The molecule has 0 radical (unpaired) electrons. The van der Waals surface area contributed by atoms with Crippen LogP contribution in [0.1, 0.15) is 34.8 Å². The summed E-state index contributed by atoms with van der Waals surface area (Å²) in [5.41, 5.74) is 1.51. The minimum Gasteiger partial charge on any atom is -0.490 e. The van der Waals surface area contributed by atoms with E-state index < -0.39 is 5.97 Å². The molecular weight excluding hydrogens is 334 g/mol. The van der Waals surface area contributed by atoms with Gasteiger partial charge in [-0.05, 0) is 50.2 Å². The second-order valence-corrected chi connectivity index (χ2v) is 5.47. The SMILES string of the molecule is CCOC(=O)c1ccc(NC(=O)c2cc3cccc(OCC)c3o2)cc1. The van der Waals surface area contributed by atoms with E-state index in [1.807, 2.05) is 19.1 Å². The lowest BCUT2D eigenvalue weighted by atomic mass is 10.2. The minimum atomic E-state index is -0.397. The molecule has 0 saturated heterocycles. The summed E-state index contributed by atoms with van der Waals surface area (Å²) < 4.78 is 16.1. The molecule has 0 atom stereocenters. The van der Waals surface area contributed by atoms with Crippen LogP contribution in [0, 0.1) is 0 Å². The summed E-state index contributed by atoms with van der Waals surface area (Å²) in [6.07, 6.45) is 0. The molecule has 3 rings (SSSR count). The second kappa shape index (κ2) is 7.74. The number of rotatable bonds is 6. The van der Waals surface area contributed by atoms with Crippen LogP contribution >= 0.6 is 0 Å². The maximum absolute atomic E-state index is 12.4. The van der Waals surface area contributed by atoms with Crippen LogP contribution in [0.15, 0.2) is 52.9 Å². The zero-order valence-electron chi connectivity index (χ0n) is 14.6. The van der Waals surface area contributed by atoms with Crippen molar-refractivity contribution in [1.82, 2.24) is 0 Å². The molecule has 0 fully saturated rings. The quantitative estimate of drug-likeness (QED) is 0.670. The van der Waals surface area contributed by atoms with E-state index in [1.54, 1.807) is 43.3 Å². The van der Waals surface area contributed by atoms with Crippen LogP contribution in [0.4, 0.5) is 5.69 Å². The highest BCUT2D eigenvalue weighted by Crippen LogP contribution is 2.29. The van der Waals surface area contributed by atoms with Crippen LogP contribution in [0.5, 0.6) is 5.75 Å². The molecule has 1 aromatic heterocycles. The zero-order chi connectivity index (χ0) is 18.5. The van der Waals surface area contributed by atoms with Gasteiger partial charge in [-0.3, -0.25) is 4.79 Å². The number of fused-ring (bicyclic) bond motifs is 1. The number of esters is 1. The number of hydrogen-bond donors (Lipinski definition) is 1. The van der Waals surface area contributed by atoms with Gasteiger partial charge in [-0.15, -0.1) is 0 Å². The smallest absolute Gasteiger partial charge is 0.338 e. The highest BCUT2D eigenvalue weighted by atomic mass is 16.5. The highest BCUT2D eigenvalue weighted by Gasteiger charge is 2.15. The Morgan fingerprint density at radius 3 is 2.50 bits per heavy atom. The molecule has 6 nitrogen and oxygen atoms in total. The topological polar surface area (TPSA) is 77.8 Å². The van der Waals surface area contributed by atoms with Crippen molar-refractivity contribution in [2.24, 2.45) is 0 Å². The van der Waals surface area contributed by atoms with Crippen molar-refractivity contribution >= 4 is 28.5 Å². The van der Waals surface area contributed by atoms with Gasteiger partial charge in [0.1, 0.15) is 0 Å². The Bertz CT molecular complexity index is 927. The van der Waals surface area contributed by atoms with Gasteiger partial charge in [-0.2, -0.15) is 0 Å². The van der Waals surface area contributed by atoms with Crippen molar-refractivity contribution in [2.75, 3.05) is 18.5 Å². The van der Waals surface area contributed by atoms with Crippen molar-refractivity contribution in [3.05, 3.63) is 59.9 Å². The number of ether oxygens (including phenoxy) is 2. The average Bonchev–Trinajstić information content (AvgIpc) is 3.08. The van der Waals surface area contributed by atoms with Crippen LogP contribution in [0.3, 0.4) is 0 Å². The summed E-state index contributed by atoms with van der Waals surface area (Å²) in [5.74, 6) is 0.00288. The van der Waals surface area contributed by atoms with E-state index in [0.717, 1.165) is 5.39 Å². The van der Waals surface area contributed by atoms with E-state index in [1.165, 1.54) is 0 Å². The molecule has 1 amide bonds. The van der Waals surface area contributed by atoms with Crippen LogP contribution in [-0.4, -0.2) is 25.1 Å². The molecule has 1 heterocycles. The summed E-state index contributed by atoms with van der Waals surface area (Å²) in [7, 11) is 0. The Kier molecular flexibility index (Phi) is 5.22. The Balaban J connectivity index is 1.76. The largest absolute Gasteiger partial charge is 0.490 e. The first-order chi connectivity index (χ1) is 12.6. The number of amides is 1. The number of anilines is 1. The fourth-order valence-electron chi connectivity index (χ4n) is 2.51. The molecule has 26 heavy (non-hydrogen) atoms. The van der Waals surface area contributed by atoms with Crippen molar-refractivity contribution in [3.8, 4) is 5.75 Å². The molecule has 0 saturated carbocycles. The zero-order valence-corrected chi connectivity index (χ0v) is 14.6. The summed E-state index contributed by atoms with van der Waals surface area (Å²) in [6.45, 7) is 4.45. The van der Waals surface area contributed by atoms with E-state index in [4.69, 9.17) is 13.9 Å². The predicted molar refractivity (Wildman–Crippen MR) is 97.7 cm³/mol. The number of furan rings is 1. The van der Waals surface area contributed by atoms with E-state index in [-0.39, 0.29) is 11.7 Å². The Morgan fingerprint density at radius 2 is 1.81 bits per heavy atom. The third-order valence-electron chi connectivity index (χ3n) is 3.69. The summed E-state index contributed by atoms with van der Waals surface area (Å²) >= 11 is 0. The van der Waals surface area contributed by atoms with Gasteiger partial charge in [0.2, 0.25) is 0 Å². The van der Waals surface area contributed by atoms with Crippen molar-refractivity contribution in [2.45, 2.75) is 13.8 Å². The minimum absolute atomic E-state index is 0.182. The van der Waals surface area contributed by atoms with Gasteiger partial charge >= 0.3 is 5.97 Å². The van der Waals surface area contributed by atoms with Gasteiger partial charge in [0.15, 0.2) is 17.1 Å². The summed E-state index contributed by atoms with van der Waals surface area (Å²) in [4.78, 5) is 24.1. The van der Waals surface area contributed by atoms with E-state index in [2.05, 4.69) is 5.32 Å². The van der Waals surface area contributed by atoms with Gasteiger partial charge in [-0.1, -0.05) is 12.1 Å². The first kappa shape index (κ1) is 17.5. The Hall–Kier alpha value is -3.28. The maximum atomic E-state index is 12.4. The number of carbonyl (C=O) groups excluding carboxylic acids is 2. The molecule has 134 valence electrons. The third-order valence-corrected chi connectivity index (χ3v) is 3.69. The van der Waals surface area contributed by atoms with Gasteiger partial charge in [0, 0.05) is 11.1 Å². The van der Waals surface area contributed by atoms with Gasteiger partial charge < -0.3 is 19.2 Å². The van der Waals surface area contributed by atoms with Gasteiger partial charge in [0.05, 0.1) is 18.8 Å². The normalized spacial score (nSPS) is 10.5. The second-order valence-electron chi connectivity index (χ2n) is 5.47. The number of benzene rings is 2.